The quantitative estimate of drug-likeness (QED) is 0.685. The van der Waals surface area contributed by atoms with Crippen LogP contribution in [-0.2, 0) is 0 Å². The molecular weight excluding hydrogens is 212 g/mol. The van der Waals surface area contributed by atoms with Gasteiger partial charge < -0.3 is 13.6 Å². The molecule has 0 aliphatic rings. The van der Waals surface area contributed by atoms with E-state index in [9.17, 15) is 0 Å². The second kappa shape index (κ2) is 3.05. The van der Waals surface area contributed by atoms with Gasteiger partial charge >= 0.3 is 4.90 Å². The van der Waals surface area contributed by atoms with Crippen LogP contribution in [0, 0.1) is 4.90 Å². The lowest BCUT2D eigenvalue weighted by atomic mass is 10.3. The SMILES string of the molecule is COc1ccc2oc(=S)oc2c1Cl. The molecule has 1 heterocycles. The monoisotopic (exact) mass is 216 g/mol. The molecule has 0 bridgehead atoms. The van der Waals surface area contributed by atoms with Crippen molar-refractivity contribution in [1.29, 1.82) is 0 Å². The average molecular weight is 217 g/mol. The minimum Gasteiger partial charge on any atom is -0.495 e. The summed E-state index contributed by atoms with van der Waals surface area (Å²) in [6.07, 6.45) is 0. The van der Waals surface area contributed by atoms with Gasteiger partial charge in [-0.2, -0.15) is 0 Å². The molecule has 1 aromatic heterocycles. The van der Waals surface area contributed by atoms with Gasteiger partial charge in [0.1, 0.15) is 10.8 Å². The Hall–Kier alpha value is -1.00. The van der Waals surface area contributed by atoms with E-state index in [0.717, 1.165) is 0 Å². The molecule has 0 atom stereocenters. The largest absolute Gasteiger partial charge is 0.495 e. The van der Waals surface area contributed by atoms with Crippen molar-refractivity contribution in [1.82, 2.24) is 0 Å². The summed E-state index contributed by atoms with van der Waals surface area (Å²) in [4.78, 5) is 0.0603. The molecule has 0 spiro atoms. The topological polar surface area (TPSA) is 35.5 Å². The van der Waals surface area contributed by atoms with E-state index in [1.165, 1.54) is 7.11 Å². The molecule has 0 aliphatic heterocycles. The maximum absolute atomic E-state index is 5.93. The fourth-order valence-corrected chi connectivity index (χ4v) is 1.49. The highest BCUT2D eigenvalue weighted by atomic mass is 35.5. The van der Waals surface area contributed by atoms with Gasteiger partial charge in [0.2, 0.25) is 0 Å². The van der Waals surface area contributed by atoms with Crippen molar-refractivity contribution in [3.05, 3.63) is 22.1 Å². The third-order valence-electron chi connectivity index (χ3n) is 1.62. The second-order valence-electron chi connectivity index (χ2n) is 2.36. The molecule has 0 saturated heterocycles. The number of rotatable bonds is 1. The van der Waals surface area contributed by atoms with Crippen LogP contribution < -0.4 is 4.74 Å². The summed E-state index contributed by atoms with van der Waals surface area (Å²) in [6.45, 7) is 0. The number of halogens is 1. The third kappa shape index (κ3) is 1.32. The molecule has 0 saturated carbocycles. The van der Waals surface area contributed by atoms with Gasteiger partial charge in [-0.05, 0) is 12.1 Å². The van der Waals surface area contributed by atoms with Crippen LogP contribution in [0.1, 0.15) is 0 Å². The average Bonchev–Trinajstić information content (AvgIpc) is 2.47. The number of ether oxygens (including phenoxy) is 1. The van der Waals surface area contributed by atoms with Crippen molar-refractivity contribution >= 4 is 35.0 Å². The van der Waals surface area contributed by atoms with E-state index >= 15 is 0 Å². The Labute approximate surface area is 83.9 Å². The zero-order valence-corrected chi connectivity index (χ0v) is 8.24. The molecule has 68 valence electrons. The van der Waals surface area contributed by atoms with E-state index in [1.807, 2.05) is 0 Å². The summed E-state index contributed by atoms with van der Waals surface area (Å²) < 4.78 is 15.1. The van der Waals surface area contributed by atoms with E-state index in [4.69, 9.17) is 37.4 Å². The second-order valence-corrected chi connectivity index (χ2v) is 3.07. The molecule has 0 fully saturated rings. The van der Waals surface area contributed by atoms with Gasteiger partial charge in [0.05, 0.1) is 7.11 Å². The minimum absolute atomic E-state index is 0.0603. The van der Waals surface area contributed by atoms with E-state index in [0.29, 0.717) is 21.9 Å². The summed E-state index contributed by atoms with van der Waals surface area (Å²) in [5.74, 6) is 0.536. The Morgan fingerprint density at radius 1 is 1.38 bits per heavy atom. The number of hydrogen-bond donors (Lipinski definition) is 0. The molecule has 2 rings (SSSR count). The molecule has 5 heteroatoms. The van der Waals surface area contributed by atoms with Gasteiger partial charge in [0.25, 0.3) is 0 Å². The first-order valence-electron chi connectivity index (χ1n) is 3.48. The summed E-state index contributed by atoms with van der Waals surface area (Å²) in [6, 6.07) is 3.39. The Bertz CT molecular complexity index is 500. The molecule has 1 aromatic carbocycles. The lowest BCUT2D eigenvalue weighted by molar-refractivity contribution is 0.414. The van der Waals surface area contributed by atoms with Crippen molar-refractivity contribution in [3.63, 3.8) is 0 Å². The van der Waals surface area contributed by atoms with Crippen LogP contribution in [0.4, 0.5) is 0 Å². The van der Waals surface area contributed by atoms with Gasteiger partial charge in [-0.3, -0.25) is 0 Å². The number of hydrogen-bond acceptors (Lipinski definition) is 4. The highest BCUT2D eigenvalue weighted by Crippen LogP contribution is 2.33. The number of methoxy groups -OCH3 is 1. The summed E-state index contributed by atoms with van der Waals surface area (Å²) in [5, 5.41) is 0.375. The summed E-state index contributed by atoms with van der Waals surface area (Å²) in [7, 11) is 1.53. The molecule has 3 nitrogen and oxygen atoms in total. The highest BCUT2D eigenvalue weighted by Gasteiger charge is 2.10. The molecule has 0 N–H and O–H groups in total. The van der Waals surface area contributed by atoms with Crippen LogP contribution in [0.3, 0.4) is 0 Å². The predicted octanol–water partition coefficient (Wildman–Crippen LogP) is 3.42. The van der Waals surface area contributed by atoms with Crippen molar-refractivity contribution in [2.45, 2.75) is 0 Å². The van der Waals surface area contributed by atoms with Crippen LogP contribution in [-0.4, -0.2) is 7.11 Å². The van der Waals surface area contributed by atoms with Gasteiger partial charge in [0, 0.05) is 12.2 Å². The first-order chi connectivity index (χ1) is 6.22. The Morgan fingerprint density at radius 2 is 2.15 bits per heavy atom. The van der Waals surface area contributed by atoms with Crippen molar-refractivity contribution in [2.75, 3.05) is 7.11 Å². The summed E-state index contributed by atoms with van der Waals surface area (Å²) >= 11 is 10.6. The first kappa shape index (κ1) is 8.59. The van der Waals surface area contributed by atoms with Crippen LogP contribution in [0.5, 0.6) is 5.75 Å². The van der Waals surface area contributed by atoms with E-state index in [-0.39, 0.29) is 4.90 Å². The maximum atomic E-state index is 5.93. The van der Waals surface area contributed by atoms with Crippen LogP contribution >= 0.6 is 23.8 Å². The predicted molar refractivity (Wildman–Crippen MR) is 50.9 cm³/mol. The fourth-order valence-electron chi connectivity index (χ4n) is 1.05. The standard InChI is InChI=1S/C8H5ClO3S/c1-10-4-2-3-5-7(6(4)9)12-8(13)11-5/h2-3H,1H3. The normalized spacial score (nSPS) is 10.6. The Morgan fingerprint density at radius 3 is 2.85 bits per heavy atom. The van der Waals surface area contributed by atoms with E-state index in [2.05, 4.69) is 0 Å². The molecule has 0 amide bonds. The molecule has 2 aromatic rings. The zero-order valence-electron chi connectivity index (χ0n) is 6.67. The highest BCUT2D eigenvalue weighted by molar-refractivity contribution is 7.71. The Balaban J connectivity index is 2.85. The lowest BCUT2D eigenvalue weighted by Crippen LogP contribution is -1.82. The third-order valence-corrected chi connectivity index (χ3v) is 2.15. The lowest BCUT2D eigenvalue weighted by Gasteiger charge is -1.99. The van der Waals surface area contributed by atoms with Gasteiger partial charge in [-0.1, -0.05) is 11.6 Å². The van der Waals surface area contributed by atoms with Crippen LogP contribution in [0.15, 0.2) is 21.0 Å². The van der Waals surface area contributed by atoms with Crippen LogP contribution in [0.25, 0.3) is 11.2 Å². The fraction of sp³-hybridized carbons (Fsp3) is 0.125. The van der Waals surface area contributed by atoms with Crippen LogP contribution in [0.2, 0.25) is 5.02 Å². The Kier molecular flexibility index (Phi) is 2.01. The van der Waals surface area contributed by atoms with Crippen molar-refractivity contribution in [2.24, 2.45) is 0 Å². The van der Waals surface area contributed by atoms with E-state index in [1.54, 1.807) is 12.1 Å². The first-order valence-corrected chi connectivity index (χ1v) is 4.27. The molecule has 0 unspecified atom stereocenters. The molecule has 0 radical (unpaired) electrons. The van der Waals surface area contributed by atoms with Gasteiger partial charge in [-0.25, -0.2) is 0 Å². The van der Waals surface area contributed by atoms with Crippen molar-refractivity contribution < 1.29 is 13.6 Å². The van der Waals surface area contributed by atoms with E-state index < -0.39 is 0 Å². The summed E-state index contributed by atoms with van der Waals surface area (Å²) in [5.41, 5.74) is 0.946. The molecular formula is C8H5ClO3S. The number of fused-ring (bicyclic) bond motifs is 1. The molecule has 0 aliphatic carbocycles. The van der Waals surface area contributed by atoms with Gasteiger partial charge in [0.15, 0.2) is 11.2 Å². The molecule has 13 heavy (non-hydrogen) atoms. The smallest absolute Gasteiger partial charge is 0.363 e. The van der Waals surface area contributed by atoms with Crippen molar-refractivity contribution in [3.8, 4) is 5.75 Å². The maximum Gasteiger partial charge on any atom is 0.363 e. The van der Waals surface area contributed by atoms with Gasteiger partial charge in [-0.15, -0.1) is 0 Å². The zero-order chi connectivity index (χ0) is 9.42. The minimum atomic E-state index is 0.0603. The number of benzene rings is 1.